The molecule has 0 aromatic rings. The summed E-state index contributed by atoms with van der Waals surface area (Å²) in [5.74, 6) is -0.0495. The van der Waals surface area contributed by atoms with Gasteiger partial charge in [0.2, 0.25) is 5.91 Å². The van der Waals surface area contributed by atoms with E-state index in [-0.39, 0.29) is 18.5 Å². The summed E-state index contributed by atoms with van der Waals surface area (Å²) in [6.07, 6.45) is 96.8. The fourth-order valence-corrected chi connectivity index (χ4v) is 12.3. The molecule has 0 bridgehead atoms. The molecule has 0 saturated carbocycles. The van der Waals surface area contributed by atoms with E-state index >= 15 is 0 Å². The summed E-state index contributed by atoms with van der Waals surface area (Å²) in [4.78, 5) is 24.6. The van der Waals surface area contributed by atoms with Crippen molar-refractivity contribution in [3.63, 3.8) is 0 Å². The van der Waals surface area contributed by atoms with Gasteiger partial charge in [0.25, 0.3) is 0 Å². The molecule has 0 heterocycles. The topological polar surface area (TPSA) is 95.9 Å². The summed E-state index contributed by atoms with van der Waals surface area (Å²) < 4.78 is 5.49. The second-order valence-electron chi connectivity index (χ2n) is 26.7. The lowest BCUT2D eigenvalue weighted by Crippen LogP contribution is -2.45. The highest BCUT2D eigenvalue weighted by atomic mass is 16.5. The number of rotatable bonds is 73. The van der Waals surface area contributed by atoms with Crippen LogP contribution in [-0.2, 0) is 14.3 Å². The van der Waals surface area contributed by atoms with Crippen LogP contribution in [0.4, 0.5) is 0 Å². The lowest BCUT2D eigenvalue weighted by atomic mass is 10.0. The van der Waals surface area contributed by atoms with E-state index in [1.807, 2.05) is 6.08 Å². The van der Waals surface area contributed by atoms with E-state index in [9.17, 15) is 19.8 Å². The number of nitrogens with one attached hydrogen (secondary N) is 1. The third-order valence-corrected chi connectivity index (χ3v) is 18.2. The number of amides is 1. The molecule has 2 unspecified atom stereocenters. The van der Waals surface area contributed by atoms with Crippen molar-refractivity contribution in [1.29, 1.82) is 0 Å². The minimum Gasteiger partial charge on any atom is -0.466 e. The van der Waals surface area contributed by atoms with Gasteiger partial charge in [-0.25, -0.2) is 0 Å². The highest BCUT2D eigenvalue weighted by molar-refractivity contribution is 5.76. The Hall–Kier alpha value is -1.92. The number of carbonyl (C=O) groups is 2. The number of carbonyl (C=O) groups excluding carboxylic acids is 2. The number of hydrogen-bond acceptors (Lipinski definition) is 5. The van der Waals surface area contributed by atoms with Crippen molar-refractivity contribution in [2.24, 2.45) is 0 Å². The van der Waals surface area contributed by atoms with E-state index in [0.29, 0.717) is 19.4 Å². The largest absolute Gasteiger partial charge is 0.466 e. The number of esters is 1. The molecule has 0 radical (unpaired) electrons. The molecule has 0 aliphatic rings. The predicted octanol–water partition coefficient (Wildman–Crippen LogP) is 25.4. The zero-order valence-electron chi connectivity index (χ0n) is 57.6. The lowest BCUT2D eigenvalue weighted by Gasteiger charge is -2.20. The van der Waals surface area contributed by atoms with E-state index in [1.165, 1.54) is 360 Å². The van der Waals surface area contributed by atoms with Crippen LogP contribution < -0.4 is 5.32 Å². The van der Waals surface area contributed by atoms with Crippen molar-refractivity contribution in [2.45, 2.75) is 443 Å². The number of aliphatic hydroxyl groups is 2. The van der Waals surface area contributed by atoms with Crippen LogP contribution in [0.1, 0.15) is 431 Å². The summed E-state index contributed by atoms with van der Waals surface area (Å²) in [6.45, 7) is 4.95. The summed E-state index contributed by atoms with van der Waals surface area (Å²) in [7, 11) is 0. The van der Waals surface area contributed by atoms with Gasteiger partial charge in [0.1, 0.15) is 0 Å². The van der Waals surface area contributed by atoms with Gasteiger partial charge in [-0.3, -0.25) is 9.59 Å². The second kappa shape index (κ2) is 74.5. The van der Waals surface area contributed by atoms with E-state index in [4.69, 9.17) is 4.74 Å². The summed E-state index contributed by atoms with van der Waals surface area (Å²) in [6, 6.07) is -0.631. The van der Waals surface area contributed by atoms with Crippen LogP contribution in [0.15, 0.2) is 36.5 Å². The van der Waals surface area contributed by atoms with Gasteiger partial charge in [0.05, 0.1) is 25.4 Å². The maximum Gasteiger partial charge on any atom is 0.305 e. The third-order valence-electron chi connectivity index (χ3n) is 18.2. The molecule has 0 aliphatic heterocycles. The molecule has 85 heavy (non-hydrogen) atoms. The Morgan fingerprint density at radius 3 is 0.894 bits per heavy atom. The van der Waals surface area contributed by atoms with Crippen molar-refractivity contribution >= 4 is 11.9 Å². The Kier molecular flexibility index (Phi) is 72.9. The molecule has 0 aliphatic carbocycles. The minimum atomic E-state index is -0.847. The van der Waals surface area contributed by atoms with Crippen molar-refractivity contribution in [1.82, 2.24) is 5.32 Å². The van der Waals surface area contributed by atoms with Crippen molar-refractivity contribution in [3.8, 4) is 0 Å². The number of hydrogen-bond donors (Lipinski definition) is 3. The number of ether oxygens (including phenoxy) is 1. The Morgan fingerprint density at radius 2 is 0.588 bits per heavy atom. The SMILES string of the molecule is CCCCCCCCCCCCCCCCCCCCCCCCC/C=C/C(O)C(CO)NC(=O)CCCCCCCCCCCCCCC/C=C\C/C=C\CCCCCCCCCCCOC(=O)CCCCCCCCCCCCCCCC. The van der Waals surface area contributed by atoms with Crippen LogP contribution in [0, 0.1) is 0 Å². The molecule has 0 saturated heterocycles. The van der Waals surface area contributed by atoms with Gasteiger partial charge in [0, 0.05) is 12.8 Å². The first kappa shape index (κ1) is 83.1. The Balaban J connectivity index is 3.42. The predicted molar refractivity (Wildman–Crippen MR) is 375 cm³/mol. The molecule has 2 atom stereocenters. The van der Waals surface area contributed by atoms with E-state index in [0.717, 1.165) is 44.9 Å². The molecule has 0 rings (SSSR count). The highest BCUT2D eigenvalue weighted by Gasteiger charge is 2.18. The Labute approximate surface area is 532 Å². The standard InChI is InChI=1S/C79H151NO5/c1-3-5-7-9-11-13-15-17-19-20-21-22-23-29-32-35-38-41-44-47-51-55-59-63-67-71-77(82)76(75-81)80-78(83)72-68-64-60-56-52-48-45-42-39-36-33-30-27-25-24-26-28-31-34-37-40-43-46-50-54-58-62-66-70-74-85-79(84)73-69-65-61-57-53-49-18-16-14-12-10-8-6-4-2/h24,26,31,34,67,71,76-77,81-82H,3-23,25,27-30,32-33,35-66,68-70,72-75H2,1-2H3,(H,80,83)/b26-24-,34-31-,71-67+. The van der Waals surface area contributed by atoms with Gasteiger partial charge < -0.3 is 20.3 Å². The molecule has 6 heteroatoms. The Bertz CT molecular complexity index is 1380. The van der Waals surface area contributed by atoms with Crippen molar-refractivity contribution in [3.05, 3.63) is 36.5 Å². The number of aliphatic hydroxyl groups excluding tert-OH is 2. The fourth-order valence-electron chi connectivity index (χ4n) is 12.3. The summed E-state index contributed by atoms with van der Waals surface area (Å²) in [5.41, 5.74) is 0. The lowest BCUT2D eigenvalue weighted by molar-refractivity contribution is -0.143. The van der Waals surface area contributed by atoms with Crippen LogP contribution in [0.5, 0.6) is 0 Å². The zero-order chi connectivity index (χ0) is 61.3. The van der Waals surface area contributed by atoms with Crippen LogP contribution in [0.25, 0.3) is 0 Å². The summed E-state index contributed by atoms with van der Waals surface area (Å²) in [5, 5.41) is 23.3. The molecular weight excluding hydrogens is 1040 g/mol. The molecular formula is C79H151NO5. The monoisotopic (exact) mass is 1190 g/mol. The van der Waals surface area contributed by atoms with Crippen LogP contribution >= 0.6 is 0 Å². The maximum absolute atomic E-state index is 12.6. The molecule has 1 amide bonds. The first-order valence-corrected chi connectivity index (χ1v) is 38.8. The van der Waals surface area contributed by atoms with E-state index in [2.05, 4.69) is 43.5 Å². The molecule has 0 spiro atoms. The summed E-state index contributed by atoms with van der Waals surface area (Å²) >= 11 is 0. The average molecular weight is 1200 g/mol. The van der Waals surface area contributed by atoms with Gasteiger partial charge in [0.15, 0.2) is 0 Å². The third kappa shape index (κ3) is 71.0. The molecule has 0 aromatic heterocycles. The van der Waals surface area contributed by atoms with E-state index in [1.54, 1.807) is 6.08 Å². The number of unbranched alkanes of at least 4 members (excludes halogenated alkanes) is 58. The van der Waals surface area contributed by atoms with Gasteiger partial charge >= 0.3 is 5.97 Å². The fraction of sp³-hybridized carbons (Fsp3) is 0.899. The molecule has 6 nitrogen and oxygen atoms in total. The molecule has 502 valence electrons. The van der Waals surface area contributed by atoms with Gasteiger partial charge in [-0.15, -0.1) is 0 Å². The van der Waals surface area contributed by atoms with Gasteiger partial charge in [-0.1, -0.05) is 391 Å². The first-order valence-electron chi connectivity index (χ1n) is 38.8. The zero-order valence-corrected chi connectivity index (χ0v) is 57.6. The smallest absolute Gasteiger partial charge is 0.305 e. The Morgan fingerprint density at radius 1 is 0.329 bits per heavy atom. The first-order chi connectivity index (χ1) is 42.0. The molecule has 3 N–H and O–H groups in total. The van der Waals surface area contributed by atoms with E-state index < -0.39 is 12.1 Å². The second-order valence-corrected chi connectivity index (χ2v) is 26.7. The maximum atomic E-state index is 12.6. The van der Waals surface area contributed by atoms with Gasteiger partial charge in [-0.05, 0) is 64.2 Å². The normalized spacial score (nSPS) is 12.7. The average Bonchev–Trinajstić information content (AvgIpc) is 3.51. The van der Waals surface area contributed by atoms with Crippen LogP contribution in [-0.4, -0.2) is 47.4 Å². The van der Waals surface area contributed by atoms with Crippen molar-refractivity contribution < 1.29 is 24.5 Å². The number of allylic oxidation sites excluding steroid dienone is 5. The highest BCUT2D eigenvalue weighted by Crippen LogP contribution is 2.19. The van der Waals surface area contributed by atoms with Crippen LogP contribution in [0.2, 0.25) is 0 Å². The van der Waals surface area contributed by atoms with Crippen molar-refractivity contribution in [2.75, 3.05) is 13.2 Å². The molecule has 0 fully saturated rings. The minimum absolute atomic E-state index is 0.0147. The molecule has 0 aromatic carbocycles. The van der Waals surface area contributed by atoms with Gasteiger partial charge in [-0.2, -0.15) is 0 Å². The quantitative estimate of drug-likeness (QED) is 0.0320. The van der Waals surface area contributed by atoms with Crippen LogP contribution in [0.3, 0.4) is 0 Å².